The maximum Gasteiger partial charge on any atom is 0.104 e. The molecular formula is C10H12N2OS. The van der Waals surface area contributed by atoms with Crippen LogP contribution >= 0.6 is 11.8 Å². The van der Waals surface area contributed by atoms with Gasteiger partial charge >= 0.3 is 0 Å². The minimum atomic E-state index is -0.324. The highest BCUT2D eigenvalue weighted by molar-refractivity contribution is 7.99. The van der Waals surface area contributed by atoms with Gasteiger partial charge in [0.2, 0.25) is 0 Å². The monoisotopic (exact) mass is 208 g/mol. The highest BCUT2D eigenvalue weighted by Gasteiger charge is 2.04. The molecule has 0 saturated heterocycles. The van der Waals surface area contributed by atoms with Crippen LogP contribution in [-0.2, 0) is 0 Å². The minimum absolute atomic E-state index is 0.324. The summed E-state index contributed by atoms with van der Waals surface area (Å²) in [5.74, 6) is 0. The topological polar surface area (TPSA) is 48.9 Å². The number of nitrogens with one attached hydrogen (secondary N) is 1. The van der Waals surface area contributed by atoms with Crippen LogP contribution in [0.2, 0.25) is 0 Å². The quantitative estimate of drug-likeness (QED) is 0.601. The fourth-order valence-corrected chi connectivity index (χ4v) is 2.04. The Balaban J connectivity index is 2.25. The van der Waals surface area contributed by atoms with Gasteiger partial charge in [0.05, 0.1) is 17.4 Å². The van der Waals surface area contributed by atoms with Crippen molar-refractivity contribution in [1.29, 1.82) is 0 Å². The first-order valence-corrected chi connectivity index (χ1v) is 5.45. The smallest absolute Gasteiger partial charge is 0.104 e. The Morgan fingerprint density at radius 3 is 3.21 bits per heavy atom. The number of rotatable bonds is 3. The Morgan fingerprint density at radius 1 is 1.57 bits per heavy atom. The lowest BCUT2D eigenvalue weighted by Crippen LogP contribution is -1.96. The molecule has 2 aromatic rings. The molecule has 1 aromatic heterocycles. The Hall–Kier alpha value is -1.00. The van der Waals surface area contributed by atoms with Crippen LogP contribution in [0, 0.1) is 0 Å². The van der Waals surface area contributed by atoms with Crippen LogP contribution in [0.25, 0.3) is 11.0 Å². The van der Waals surface area contributed by atoms with Crippen molar-refractivity contribution >= 4 is 22.8 Å². The summed E-state index contributed by atoms with van der Waals surface area (Å²) >= 11 is 1.47. The lowest BCUT2D eigenvalue weighted by molar-refractivity contribution is 0.259. The van der Waals surface area contributed by atoms with Crippen molar-refractivity contribution in [1.82, 2.24) is 9.97 Å². The first-order valence-electron chi connectivity index (χ1n) is 4.57. The second kappa shape index (κ2) is 4.02. The highest BCUT2D eigenvalue weighted by Crippen LogP contribution is 2.25. The van der Waals surface area contributed by atoms with Gasteiger partial charge in [0.1, 0.15) is 5.44 Å². The zero-order valence-corrected chi connectivity index (χ0v) is 8.71. The van der Waals surface area contributed by atoms with E-state index in [0.717, 1.165) is 22.3 Å². The van der Waals surface area contributed by atoms with Gasteiger partial charge in [0, 0.05) is 4.90 Å². The molecule has 0 radical (unpaired) electrons. The molecule has 0 saturated carbocycles. The summed E-state index contributed by atoms with van der Waals surface area (Å²) in [4.78, 5) is 8.24. The normalized spacial score (nSPS) is 13.3. The number of hydrogen-bond donors (Lipinski definition) is 2. The molecular weight excluding hydrogens is 196 g/mol. The van der Waals surface area contributed by atoms with Crippen LogP contribution in [0.1, 0.15) is 13.3 Å². The third-order valence-corrected chi connectivity index (χ3v) is 3.14. The molecule has 0 aliphatic rings. The summed E-state index contributed by atoms with van der Waals surface area (Å²) in [6.07, 6.45) is 2.43. The van der Waals surface area contributed by atoms with E-state index in [-0.39, 0.29) is 5.44 Å². The van der Waals surface area contributed by atoms with Crippen molar-refractivity contribution in [2.45, 2.75) is 23.7 Å². The fourth-order valence-electron chi connectivity index (χ4n) is 1.23. The number of aliphatic hydroxyl groups excluding tert-OH is 1. The van der Waals surface area contributed by atoms with Crippen LogP contribution in [0.15, 0.2) is 29.4 Å². The summed E-state index contributed by atoms with van der Waals surface area (Å²) < 4.78 is 0. The van der Waals surface area contributed by atoms with Crippen molar-refractivity contribution in [3.8, 4) is 0 Å². The number of fused-ring (bicyclic) bond motifs is 1. The number of H-pyrrole nitrogens is 1. The fraction of sp³-hybridized carbons (Fsp3) is 0.300. The molecule has 0 bridgehead atoms. The first-order chi connectivity index (χ1) is 6.79. The van der Waals surface area contributed by atoms with Crippen LogP contribution in [0.5, 0.6) is 0 Å². The van der Waals surface area contributed by atoms with Gasteiger partial charge in [-0.3, -0.25) is 0 Å². The molecule has 74 valence electrons. The largest absolute Gasteiger partial charge is 0.382 e. The molecule has 0 aliphatic heterocycles. The predicted molar refractivity (Wildman–Crippen MR) is 58.2 cm³/mol. The third kappa shape index (κ3) is 1.91. The summed E-state index contributed by atoms with van der Waals surface area (Å²) in [6, 6.07) is 5.94. The van der Waals surface area contributed by atoms with E-state index in [2.05, 4.69) is 9.97 Å². The van der Waals surface area contributed by atoms with Gasteiger partial charge in [0.15, 0.2) is 0 Å². The second-order valence-corrected chi connectivity index (χ2v) is 4.31. The van der Waals surface area contributed by atoms with E-state index >= 15 is 0 Å². The van der Waals surface area contributed by atoms with Crippen LogP contribution in [0.4, 0.5) is 0 Å². The van der Waals surface area contributed by atoms with E-state index in [1.54, 1.807) is 6.33 Å². The molecule has 2 rings (SSSR count). The molecule has 2 N–H and O–H groups in total. The third-order valence-electron chi connectivity index (χ3n) is 2.01. The number of aliphatic hydroxyl groups is 1. The lowest BCUT2D eigenvalue weighted by atomic mass is 10.3. The van der Waals surface area contributed by atoms with Crippen LogP contribution in [0.3, 0.4) is 0 Å². The van der Waals surface area contributed by atoms with Gasteiger partial charge in [-0.1, -0.05) is 18.7 Å². The Morgan fingerprint density at radius 2 is 2.43 bits per heavy atom. The van der Waals surface area contributed by atoms with E-state index in [0.29, 0.717) is 0 Å². The number of aromatic amines is 1. The summed E-state index contributed by atoms with van der Waals surface area (Å²) in [5.41, 5.74) is 1.65. The molecule has 1 unspecified atom stereocenters. The van der Waals surface area contributed by atoms with Gasteiger partial charge in [0.25, 0.3) is 0 Å². The molecule has 1 heterocycles. The Labute approximate surface area is 86.6 Å². The summed E-state index contributed by atoms with van der Waals surface area (Å²) in [5, 5.41) is 9.47. The molecule has 1 aromatic carbocycles. The maximum atomic E-state index is 9.47. The molecule has 4 heteroatoms. The maximum absolute atomic E-state index is 9.47. The van der Waals surface area contributed by atoms with Gasteiger partial charge in [-0.25, -0.2) is 4.98 Å². The molecule has 0 fully saturated rings. The minimum Gasteiger partial charge on any atom is -0.382 e. The Kier molecular flexibility index (Phi) is 2.74. The molecule has 14 heavy (non-hydrogen) atoms. The van der Waals surface area contributed by atoms with Crippen molar-refractivity contribution in [3.05, 3.63) is 24.5 Å². The van der Waals surface area contributed by atoms with Gasteiger partial charge in [-0.15, -0.1) is 0 Å². The number of thioether (sulfide) groups is 1. The van der Waals surface area contributed by atoms with Gasteiger partial charge in [-0.2, -0.15) is 0 Å². The van der Waals surface area contributed by atoms with E-state index in [9.17, 15) is 5.11 Å². The molecule has 3 nitrogen and oxygen atoms in total. The van der Waals surface area contributed by atoms with Gasteiger partial charge in [-0.05, 0) is 24.6 Å². The van der Waals surface area contributed by atoms with E-state index < -0.39 is 0 Å². The summed E-state index contributed by atoms with van der Waals surface area (Å²) in [6.45, 7) is 1.96. The number of imidazole rings is 1. The number of hydrogen-bond acceptors (Lipinski definition) is 3. The van der Waals surface area contributed by atoms with E-state index in [4.69, 9.17) is 0 Å². The van der Waals surface area contributed by atoms with E-state index in [1.807, 2.05) is 25.1 Å². The van der Waals surface area contributed by atoms with Crippen molar-refractivity contribution in [2.75, 3.05) is 0 Å². The molecule has 0 amide bonds. The first kappa shape index (κ1) is 9.55. The van der Waals surface area contributed by atoms with Crippen LogP contribution in [-0.4, -0.2) is 20.5 Å². The summed E-state index contributed by atoms with van der Waals surface area (Å²) in [7, 11) is 0. The number of nitrogens with zero attached hydrogens (tertiary/aromatic N) is 1. The van der Waals surface area contributed by atoms with Crippen LogP contribution < -0.4 is 0 Å². The predicted octanol–water partition coefficient (Wildman–Crippen LogP) is 2.38. The lowest BCUT2D eigenvalue weighted by Gasteiger charge is -2.06. The van der Waals surface area contributed by atoms with Crippen molar-refractivity contribution in [3.63, 3.8) is 0 Å². The molecule has 1 atom stereocenters. The molecule has 0 spiro atoms. The van der Waals surface area contributed by atoms with E-state index in [1.165, 1.54) is 11.8 Å². The molecule has 0 aliphatic carbocycles. The average Bonchev–Trinajstić information content (AvgIpc) is 2.64. The number of benzene rings is 1. The van der Waals surface area contributed by atoms with Crippen molar-refractivity contribution in [2.24, 2.45) is 0 Å². The number of aromatic nitrogens is 2. The Bertz CT molecular complexity index is 427. The highest BCUT2D eigenvalue weighted by atomic mass is 32.2. The second-order valence-electron chi connectivity index (χ2n) is 3.06. The SMILES string of the molecule is CCC(O)Sc1ccc2nc[nH]c2c1. The zero-order chi connectivity index (χ0) is 9.97. The van der Waals surface area contributed by atoms with Gasteiger partial charge < -0.3 is 10.1 Å². The zero-order valence-electron chi connectivity index (χ0n) is 7.90. The standard InChI is InChI=1S/C10H12N2OS/c1-2-10(13)14-7-3-4-8-9(5-7)12-6-11-8/h3-6,10,13H,2H2,1H3,(H,11,12). The average molecular weight is 208 g/mol. The van der Waals surface area contributed by atoms with Crippen molar-refractivity contribution < 1.29 is 5.11 Å².